The molecule has 0 aliphatic carbocycles. The van der Waals surface area contributed by atoms with Gasteiger partial charge in [-0.2, -0.15) is 0 Å². The zero-order chi connectivity index (χ0) is 22.8. The molecular formula is C24H22N6O2S. The monoisotopic (exact) mass is 458 g/mol. The molecule has 0 radical (unpaired) electrons. The number of hydrogen-bond acceptors (Lipinski definition) is 6. The van der Waals surface area contributed by atoms with E-state index in [1.54, 1.807) is 35.3 Å². The Labute approximate surface area is 194 Å². The van der Waals surface area contributed by atoms with Gasteiger partial charge in [0, 0.05) is 43.6 Å². The number of aromatic nitrogens is 3. The third kappa shape index (κ3) is 4.27. The van der Waals surface area contributed by atoms with Crippen LogP contribution in [0.5, 0.6) is 0 Å². The van der Waals surface area contributed by atoms with E-state index >= 15 is 0 Å². The first-order chi connectivity index (χ1) is 16.1. The Morgan fingerprint density at radius 2 is 2.00 bits per heavy atom. The minimum Gasteiger partial charge on any atom is -0.347 e. The van der Waals surface area contributed by atoms with Crippen molar-refractivity contribution in [3.8, 4) is 0 Å². The number of pyridine rings is 2. The summed E-state index contributed by atoms with van der Waals surface area (Å²) in [6, 6.07) is 13.6. The molecule has 0 saturated carbocycles. The van der Waals surface area contributed by atoms with Crippen LogP contribution in [-0.2, 0) is 13.1 Å². The number of thiazole rings is 1. The topological polar surface area (TPSA) is 91.3 Å². The molecule has 1 aliphatic heterocycles. The molecule has 5 rings (SSSR count). The number of carbonyl (C=O) groups is 2. The minimum absolute atomic E-state index is 0.124. The van der Waals surface area contributed by atoms with Gasteiger partial charge in [-0.15, -0.1) is 0 Å². The summed E-state index contributed by atoms with van der Waals surface area (Å²) in [5.41, 5.74) is 2.40. The van der Waals surface area contributed by atoms with Crippen molar-refractivity contribution in [3.63, 3.8) is 0 Å². The van der Waals surface area contributed by atoms with Crippen molar-refractivity contribution >= 4 is 39.2 Å². The molecule has 3 aromatic heterocycles. The van der Waals surface area contributed by atoms with Crippen LogP contribution in [0.3, 0.4) is 0 Å². The second-order valence-electron chi connectivity index (χ2n) is 7.79. The van der Waals surface area contributed by atoms with Gasteiger partial charge in [0.05, 0.1) is 17.9 Å². The zero-order valence-corrected chi connectivity index (χ0v) is 18.9. The SMILES string of the molecule is Cc1nc(N2CCN(Cc3nccc4ccccc34)C2=O)sc1C(=O)NCc1cccnc1. The Morgan fingerprint density at radius 1 is 1.12 bits per heavy atom. The third-order valence-electron chi connectivity index (χ3n) is 5.59. The summed E-state index contributed by atoms with van der Waals surface area (Å²) in [5, 5.41) is 5.58. The molecule has 0 atom stereocenters. The van der Waals surface area contributed by atoms with Crippen molar-refractivity contribution in [1.29, 1.82) is 0 Å². The van der Waals surface area contributed by atoms with Crippen LogP contribution >= 0.6 is 11.3 Å². The Kier molecular flexibility index (Phi) is 5.70. The fraction of sp³-hybridized carbons (Fsp3) is 0.208. The number of rotatable bonds is 6. The number of nitrogens with zero attached hydrogens (tertiary/aromatic N) is 5. The van der Waals surface area contributed by atoms with Crippen LogP contribution in [-0.4, -0.2) is 44.9 Å². The lowest BCUT2D eigenvalue weighted by Crippen LogP contribution is -2.31. The minimum atomic E-state index is -0.205. The Hall–Kier alpha value is -3.85. The first kappa shape index (κ1) is 21.0. The predicted molar refractivity (Wildman–Crippen MR) is 127 cm³/mol. The van der Waals surface area contributed by atoms with Crippen LogP contribution < -0.4 is 10.2 Å². The summed E-state index contributed by atoms with van der Waals surface area (Å²) in [5.74, 6) is -0.205. The van der Waals surface area contributed by atoms with E-state index in [0.717, 1.165) is 22.0 Å². The normalized spacial score (nSPS) is 13.7. The van der Waals surface area contributed by atoms with E-state index in [1.807, 2.05) is 42.5 Å². The standard InChI is InChI=1S/C24H22N6O2S/c1-16-21(22(31)27-14-17-5-4-9-25-13-17)33-23(28-16)30-12-11-29(24(30)32)15-20-19-7-3-2-6-18(19)8-10-26-20/h2-10,13H,11-12,14-15H2,1H3,(H,27,31). The van der Waals surface area contributed by atoms with E-state index in [0.29, 0.717) is 41.9 Å². The van der Waals surface area contributed by atoms with E-state index in [4.69, 9.17) is 0 Å². The van der Waals surface area contributed by atoms with Crippen LogP contribution in [0.2, 0.25) is 0 Å². The fourth-order valence-electron chi connectivity index (χ4n) is 3.87. The molecule has 1 saturated heterocycles. The lowest BCUT2D eigenvalue weighted by molar-refractivity contribution is 0.0954. The van der Waals surface area contributed by atoms with Gasteiger partial charge in [-0.05, 0) is 30.0 Å². The van der Waals surface area contributed by atoms with Crippen LogP contribution in [0.1, 0.15) is 26.6 Å². The number of aryl methyl sites for hydroxylation is 1. The van der Waals surface area contributed by atoms with Crippen molar-refractivity contribution in [2.75, 3.05) is 18.0 Å². The molecule has 8 nitrogen and oxygen atoms in total. The Morgan fingerprint density at radius 3 is 2.85 bits per heavy atom. The van der Waals surface area contributed by atoms with Crippen molar-refractivity contribution < 1.29 is 9.59 Å². The maximum absolute atomic E-state index is 13.1. The molecule has 9 heteroatoms. The summed E-state index contributed by atoms with van der Waals surface area (Å²) < 4.78 is 0. The van der Waals surface area contributed by atoms with Gasteiger partial charge < -0.3 is 10.2 Å². The summed E-state index contributed by atoms with van der Waals surface area (Å²) >= 11 is 1.24. The van der Waals surface area contributed by atoms with Crippen LogP contribution in [0, 0.1) is 6.92 Å². The second-order valence-corrected chi connectivity index (χ2v) is 8.77. The van der Waals surface area contributed by atoms with E-state index in [1.165, 1.54) is 11.3 Å². The number of benzene rings is 1. The van der Waals surface area contributed by atoms with E-state index < -0.39 is 0 Å². The maximum Gasteiger partial charge on any atom is 0.326 e. The lowest BCUT2D eigenvalue weighted by atomic mass is 10.1. The van der Waals surface area contributed by atoms with Gasteiger partial charge in [0.2, 0.25) is 0 Å². The number of anilines is 1. The summed E-state index contributed by atoms with van der Waals surface area (Å²) in [6.07, 6.45) is 5.18. The smallest absolute Gasteiger partial charge is 0.326 e. The molecule has 166 valence electrons. The predicted octanol–water partition coefficient (Wildman–Crippen LogP) is 3.77. The summed E-state index contributed by atoms with van der Waals surface area (Å²) in [6.45, 7) is 3.70. The molecule has 1 N–H and O–H groups in total. The van der Waals surface area contributed by atoms with Gasteiger partial charge in [0.25, 0.3) is 5.91 Å². The van der Waals surface area contributed by atoms with Crippen LogP contribution in [0.25, 0.3) is 10.8 Å². The highest BCUT2D eigenvalue weighted by Crippen LogP contribution is 2.30. The second kappa shape index (κ2) is 8.95. The number of amides is 3. The van der Waals surface area contributed by atoms with Crippen molar-refractivity contribution in [2.45, 2.75) is 20.0 Å². The highest BCUT2D eigenvalue weighted by Gasteiger charge is 2.33. The average Bonchev–Trinajstić information content (AvgIpc) is 3.40. The largest absolute Gasteiger partial charge is 0.347 e. The van der Waals surface area contributed by atoms with Gasteiger partial charge in [0.1, 0.15) is 4.88 Å². The first-order valence-corrected chi connectivity index (χ1v) is 11.5. The number of carbonyl (C=O) groups excluding carboxylic acids is 2. The fourth-order valence-corrected chi connectivity index (χ4v) is 4.87. The van der Waals surface area contributed by atoms with Crippen molar-refractivity contribution in [1.82, 2.24) is 25.2 Å². The summed E-state index contributed by atoms with van der Waals surface area (Å²) in [4.78, 5) is 42.8. The molecule has 1 fully saturated rings. The van der Waals surface area contributed by atoms with E-state index in [-0.39, 0.29) is 11.9 Å². The van der Waals surface area contributed by atoms with Gasteiger partial charge in [0.15, 0.2) is 5.13 Å². The van der Waals surface area contributed by atoms with Crippen molar-refractivity contribution in [2.24, 2.45) is 0 Å². The number of nitrogens with one attached hydrogen (secondary N) is 1. The quantitative estimate of drug-likeness (QED) is 0.475. The summed E-state index contributed by atoms with van der Waals surface area (Å²) in [7, 11) is 0. The zero-order valence-electron chi connectivity index (χ0n) is 18.1. The maximum atomic E-state index is 13.1. The van der Waals surface area contributed by atoms with Crippen LogP contribution in [0.4, 0.5) is 9.93 Å². The molecule has 0 spiro atoms. The number of urea groups is 1. The molecule has 3 amide bonds. The number of hydrogen-bond donors (Lipinski definition) is 1. The molecular weight excluding hydrogens is 436 g/mol. The van der Waals surface area contributed by atoms with E-state index in [2.05, 4.69) is 20.3 Å². The van der Waals surface area contributed by atoms with E-state index in [9.17, 15) is 9.59 Å². The van der Waals surface area contributed by atoms with Gasteiger partial charge in [-0.1, -0.05) is 41.7 Å². The number of fused-ring (bicyclic) bond motifs is 1. The highest BCUT2D eigenvalue weighted by molar-refractivity contribution is 7.17. The van der Waals surface area contributed by atoms with Crippen molar-refractivity contribution in [3.05, 3.63) is 82.9 Å². The first-order valence-electron chi connectivity index (χ1n) is 10.6. The van der Waals surface area contributed by atoms with Gasteiger partial charge >= 0.3 is 6.03 Å². The lowest BCUT2D eigenvalue weighted by Gasteiger charge is -2.17. The third-order valence-corrected chi connectivity index (χ3v) is 6.77. The molecule has 1 aliphatic rings. The highest BCUT2D eigenvalue weighted by atomic mass is 32.1. The molecule has 4 heterocycles. The molecule has 0 unspecified atom stereocenters. The van der Waals surface area contributed by atoms with Gasteiger partial charge in [-0.3, -0.25) is 19.7 Å². The molecule has 1 aromatic carbocycles. The van der Waals surface area contributed by atoms with Gasteiger partial charge in [-0.25, -0.2) is 9.78 Å². The molecule has 33 heavy (non-hydrogen) atoms. The Bertz CT molecular complexity index is 1320. The molecule has 0 bridgehead atoms. The van der Waals surface area contributed by atoms with Crippen LogP contribution in [0.15, 0.2) is 61.1 Å². The average molecular weight is 459 g/mol. The Balaban J connectivity index is 1.28. The molecule has 4 aromatic rings.